The second-order valence-electron chi connectivity index (χ2n) is 6.57. The van der Waals surface area contributed by atoms with E-state index in [2.05, 4.69) is 34.5 Å². The summed E-state index contributed by atoms with van der Waals surface area (Å²) in [7, 11) is 0. The number of carbonyl (C=O) groups is 2. The zero-order valence-corrected chi connectivity index (χ0v) is 15.3. The van der Waals surface area contributed by atoms with Gasteiger partial charge in [-0.15, -0.1) is 11.3 Å². The SMILES string of the molecule is CC(=O)c1ccc(C(=O)N[C@@H]2CCCN(CCc3ccccc3)C2)s1. The van der Waals surface area contributed by atoms with Crippen LogP contribution in [0.2, 0.25) is 0 Å². The summed E-state index contributed by atoms with van der Waals surface area (Å²) in [5, 5.41) is 3.13. The van der Waals surface area contributed by atoms with Crippen molar-refractivity contribution in [3.8, 4) is 0 Å². The lowest BCUT2D eigenvalue weighted by molar-refractivity contribution is 0.0908. The fourth-order valence-corrected chi connectivity index (χ4v) is 4.02. The van der Waals surface area contributed by atoms with Crippen LogP contribution in [0.1, 0.15) is 44.7 Å². The van der Waals surface area contributed by atoms with E-state index < -0.39 is 0 Å². The van der Waals surface area contributed by atoms with E-state index in [1.165, 1.54) is 23.8 Å². The zero-order valence-electron chi connectivity index (χ0n) is 14.5. The van der Waals surface area contributed by atoms with Crippen molar-refractivity contribution >= 4 is 23.0 Å². The molecule has 0 spiro atoms. The van der Waals surface area contributed by atoms with Crippen LogP contribution in [0.3, 0.4) is 0 Å². The quantitative estimate of drug-likeness (QED) is 0.807. The molecule has 132 valence electrons. The van der Waals surface area contributed by atoms with Crippen LogP contribution in [0.5, 0.6) is 0 Å². The summed E-state index contributed by atoms with van der Waals surface area (Å²) in [5.74, 6) is -0.0544. The Hall–Kier alpha value is -1.98. The molecule has 1 aliphatic heterocycles. The number of rotatable bonds is 6. The molecule has 5 heteroatoms. The van der Waals surface area contributed by atoms with E-state index in [9.17, 15) is 9.59 Å². The van der Waals surface area contributed by atoms with Crippen LogP contribution in [0.4, 0.5) is 0 Å². The molecule has 2 heterocycles. The number of amides is 1. The monoisotopic (exact) mass is 356 g/mol. The molecular formula is C20H24N2O2S. The van der Waals surface area contributed by atoms with Gasteiger partial charge in [0.1, 0.15) is 0 Å². The first-order valence-corrected chi connectivity index (χ1v) is 9.61. The van der Waals surface area contributed by atoms with Gasteiger partial charge < -0.3 is 10.2 Å². The molecule has 3 rings (SSSR count). The molecule has 1 N–H and O–H groups in total. The van der Waals surface area contributed by atoms with E-state index in [-0.39, 0.29) is 17.7 Å². The number of carbonyl (C=O) groups excluding carboxylic acids is 2. The van der Waals surface area contributed by atoms with Crippen molar-refractivity contribution in [2.45, 2.75) is 32.2 Å². The van der Waals surface area contributed by atoms with Crippen LogP contribution < -0.4 is 5.32 Å². The Morgan fingerprint density at radius 1 is 1.16 bits per heavy atom. The lowest BCUT2D eigenvalue weighted by Crippen LogP contribution is -2.48. The van der Waals surface area contributed by atoms with Crippen molar-refractivity contribution in [1.82, 2.24) is 10.2 Å². The minimum absolute atomic E-state index is 0.00815. The molecule has 2 aromatic rings. The van der Waals surface area contributed by atoms with Gasteiger partial charge in [0, 0.05) is 19.1 Å². The number of ketones is 1. The first kappa shape index (κ1) is 17.8. The highest BCUT2D eigenvalue weighted by Gasteiger charge is 2.22. The number of piperidine rings is 1. The maximum Gasteiger partial charge on any atom is 0.261 e. The highest BCUT2D eigenvalue weighted by Crippen LogP contribution is 2.18. The van der Waals surface area contributed by atoms with Gasteiger partial charge >= 0.3 is 0 Å². The molecule has 1 fully saturated rings. The third-order valence-corrected chi connectivity index (χ3v) is 5.76. The maximum atomic E-state index is 12.4. The number of hydrogen-bond donors (Lipinski definition) is 1. The van der Waals surface area contributed by atoms with E-state index in [0.717, 1.165) is 38.9 Å². The Balaban J connectivity index is 1.50. The number of Topliss-reactive ketones (excluding diaryl/α,β-unsaturated/α-hetero) is 1. The smallest absolute Gasteiger partial charge is 0.261 e. The van der Waals surface area contributed by atoms with Gasteiger partial charge in [-0.2, -0.15) is 0 Å². The summed E-state index contributed by atoms with van der Waals surface area (Å²) < 4.78 is 0. The first-order valence-electron chi connectivity index (χ1n) is 8.80. The van der Waals surface area contributed by atoms with Crippen LogP contribution in [-0.2, 0) is 6.42 Å². The Labute approximate surface area is 152 Å². The van der Waals surface area contributed by atoms with Crippen LogP contribution >= 0.6 is 11.3 Å². The van der Waals surface area contributed by atoms with Crippen LogP contribution in [0.25, 0.3) is 0 Å². The Morgan fingerprint density at radius 2 is 1.92 bits per heavy atom. The molecule has 0 radical (unpaired) electrons. The van der Waals surface area contributed by atoms with E-state index in [4.69, 9.17) is 0 Å². The second kappa shape index (κ2) is 8.41. The first-order chi connectivity index (χ1) is 12.1. The van der Waals surface area contributed by atoms with Crippen LogP contribution in [0, 0.1) is 0 Å². The highest BCUT2D eigenvalue weighted by molar-refractivity contribution is 7.15. The molecular weight excluding hydrogens is 332 g/mol. The number of likely N-dealkylation sites (tertiary alicyclic amines) is 1. The predicted octanol–water partition coefficient (Wildman–Crippen LogP) is 3.39. The number of thiophene rings is 1. The molecule has 1 saturated heterocycles. The average Bonchev–Trinajstić information content (AvgIpc) is 3.12. The number of nitrogens with one attached hydrogen (secondary N) is 1. The van der Waals surface area contributed by atoms with E-state index in [1.807, 2.05) is 6.07 Å². The summed E-state index contributed by atoms with van der Waals surface area (Å²) in [6, 6.07) is 14.2. The third kappa shape index (κ3) is 5.00. The number of hydrogen-bond acceptors (Lipinski definition) is 4. The molecule has 1 atom stereocenters. The Kier molecular flexibility index (Phi) is 6.00. The lowest BCUT2D eigenvalue weighted by atomic mass is 10.0. The second-order valence-corrected chi connectivity index (χ2v) is 7.65. The number of benzene rings is 1. The van der Waals surface area contributed by atoms with Crippen molar-refractivity contribution in [3.63, 3.8) is 0 Å². The molecule has 4 nitrogen and oxygen atoms in total. The van der Waals surface area contributed by atoms with Crippen molar-refractivity contribution in [2.75, 3.05) is 19.6 Å². The standard InChI is InChI=1S/C20H24N2O2S/c1-15(23)18-9-10-19(25-18)20(24)21-17-8-5-12-22(14-17)13-11-16-6-3-2-4-7-16/h2-4,6-7,9-10,17H,5,8,11-14H2,1H3,(H,21,24)/t17-/m1/s1. The molecule has 1 aromatic carbocycles. The number of nitrogens with zero attached hydrogens (tertiary/aromatic N) is 1. The topological polar surface area (TPSA) is 49.4 Å². The third-order valence-electron chi connectivity index (χ3n) is 4.58. The molecule has 0 saturated carbocycles. The van der Waals surface area contributed by atoms with Crippen LogP contribution in [0.15, 0.2) is 42.5 Å². The van der Waals surface area contributed by atoms with Gasteiger partial charge in [0.05, 0.1) is 9.75 Å². The largest absolute Gasteiger partial charge is 0.347 e. The minimum atomic E-state index is -0.0626. The molecule has 0 unspecified atom stereocenters. The fourth-order valence-electron chi connectivity index (χ4n) is 3.21. The van der Waals surface area contributed by atoms with Gasteiger partial charge in [-0.3, -0.25) is 9.59 Å². The molecule has 1 aliphatic rings. The molecule has 0 aliphatic carbocycles. The van der Waals surface area contributed by atoms with Crippen molar-refractivity contribution in [1.29, 1.82) is 0 Å². The normalized spacial score (nSPS) is 18.0. The lowest BCUT2D eigenvalue weighted by Gasteiger charge is -2.33. The summed E-state index contributed by atoms with van der Waals surface area (Å²) in [4.78, 5) is 27.5. The Bertz CT molecular complexity index is 726. The minimum Gasteiger partial charge on any atom is -0.347 e. The molecule has 1 amide bonds. The average molecular weight is 356 g/mol. The van der Waals surface area contributed by atoms with E-state index >= 15 is 0 Å². The predicted molar refractivity (Wildman–Crippen MR) is 101 cm³/mol. The molecule has 0 bridgehead atoms. The Morgan fingerprint density at radius 3 is 2.64 bits per heavy atom. The fraction of sp³-hybridized carbons (Fsp3) is 0.400. The zero-order chi connectivity index (χ0) is 17.6. The maximum absolute atomic E-state index is 12.4. The van der Waals surface area contributed by atoms with Crippen LogP contribution in [-0.4, -0.2) is 42.3 Å². The van der Waals surface area contributed by atoms with Gasteiger partial charge in [0.2, 0.25) is 0 Å². The van der Waals surface area contributed by atoms with Crippen molar-refractivity contribution in [3.05, 3.63) is 57.8 Å². The summed E-state index contributed by atoms with van der Waals surface area (Å²) in [5.41, 5.74) is 1.35. The van der Waals surface area contributed by atoms with Gasteiger partial charge in [-0.25, -0.2) is 0 Å². The molecule has 1 aromatic heterocycles. The van der Waals surface area contributed by atoms with Gasteiger partial charge in [-0.1, -0.05) is 30.3 Å². The summed E-state index contributed by atoms with van der Waals surface area (Å²) in [6.07, 6.45) is 3.15. The van der Waals surface area contributed by atoms with E-state index in [1.54, 1.807) is 12.1 Å². The van der Waals surface area contributed by atoms with Gasteiger partial charge in [-0.05, 0) is 50.4 Å². The van der Waals surface area contributed by atoms with Crippen molar-refractivity contribution < 1.29 is 9.59 Å². The molecule has 25 heavy (non-hydrogen) atoms. The van der Waals surface area contributed by atoms with E-state index in [0.29, 0.717) is 9.75 Å². The summed E-state index contributed by atoms with van der Waals surface area (Å²) >= 11 is 1.27. The van der Waals surface area contributed by atoms with Gasteiger partial charge in [0.25, 0.3) is 5.91 Å². The summed E-state index contributed by atoms with van der Waals surface area (Å²) in [6.45, 7) is 4.53. The highest BCUT2D eigenvalue weighted by atomic mass is 32.1. The van der Waals surface area contributed by atoms with Crippen molar-refractivity contribution in [2.24, 2.45) is 0 Å². The van der Waals surface area contributed by atoms with Gasteiger partial charge in [0.15, 0.2) is 5.78 Å².